The van der Waals surface area contributed by atoms with Crippen LogP contribution in [0, 0.1) is 23.0 Å². The van der Waals surface area contributed by atoms with Gasteiger partial charge in [-0.15, -0.1) is 0 Å². The van der Waals surface area contributed by atoms with Gasteiger partial charge in [-0.3, -0.25) is 10.1 Å². The highest BCUT2D eigenvalue weighted by atomic mass is 79.9. The SMILES string of the molecule is CCCC1CC1Nc1ncc([N+](=O)[O-])c(C)c1Br. The van der Waals surface area contributed by atoms with Crippen molar-refractivity contribution < 1.29 is 4.92 Å². The zero-order valence-electron chi connectivity index (χ0n) is 10.4. The zero-order chi connectivity index (χ0) is 13.3. The average molecular weight is 314 g/mol. The van der Waals surface area contributed by atoms with Crippen LogP contribution in [0.2, 0.25) is 0 Å². The summed E-state index contributed by atoms with van der Waals surface area (Å²) in [7, 11) is 0. The van der Waals surface area contributed by atoms with Crippen molar-refractivity contribution in [2.45, 2.75) is 39.2 Å². The highest BCUT2D eigenvalue weighted by molar-refractivity contribution is 9.10. The van der Waals surface area contributed by atoms with E-state index in [0.717, 1.165) is 12.3 Å². The summed E-state index contributed by atoms with van der Waals surface area (Å²) in [6.07, 6.45) is 4.90. The molecule has 98 valence electrons. The first-order valence-corrected chi connectivity index (χ1v) is 6.90. The standard InChI is InChI=1S/C12H16BrN3O2/c1-3-4-8-5-9(8)15-12-11(13)7(2)10(6-14-12)16(17)18/h6,8-9H,3-5H2,1-2H3,(H,14,15). The van der Waals surface area contributed by atoms with Crippen LogP contribution in [0.5, 0.6) is 0 Å². The fourth-order valence-electron chi connectivity index (χ4n) is 2.14. The first-order chi connectivity index (χ1) is 8.54. The molecule has 2 rings (SSSR count). The summed E-state index contributed by atoms with van der Waals surface area (Å²) in [5, 5.41) is 14.1. The van der Waals surface area contributed by atoms with E-state index in [2.05, 4.69) is 33.2 Å². The van der Waals surface area contributed by atoms with E-state index in [4.69, 9.17) is 0 Å². The van der Waals surface area contributed by atoms with Crippen molar-refractivity contribution in [2.75, 3.05) is 5.32 Å². The number of nitro groups is 1. The molecule has 0 spiro atoms. The van der Waals surface area contributed by atoms with Gasteiger partial charge in [0.25, 0.3) is 5.69 Å². The van der Waals surface area contributed by atoms with Crippen molar-refractivity contribution >= 4 is 27.4 Å². The van der Waals surface area contributed by atoms with Gasteiger partial charge in [-0.05, 0) is 41.6 Å². The molecule has 1 aromatic heterocycles. The first kappa shape index (κ1) is 13.3. The Kier molecular flexibility index (Phi) is 3.85. The highest BCUT2D eigenvalue weighted by Gasteiger charge is 2.36. The predicted molar refractivity (Wildman–Crippen MR) is 73.8 cm³/mol. The number of pyridine rings is 1. The van der Waals surface area contributed by atoms with Crippen molar-refractivity contribution in [1.82, 2.24) is 4.98 Å². The molecule has 0 bridgehead atoms. The molecular weight excluding hydrogens is 298 g/mol. The summed E-state index contributed by atoms with van der Waals surface area (Å²) in [6, 6.07) is 0.467. The second-order valence-corrected chi connectivity index (χ2v) is 5.52. The Morgan fingerprint density at radius 1 is 1.67 bits per heavy atom. The molecule has 6 heteroatoms. The van der Waals surface area contributed by atoms with Gasteiger partial charge in [0.2, 0.25) is 0 Å². The minimum atomic E-state index is -0.409. The Labute approximate surface area is 114 Å². The van der Waals surface area contributed by atoms with E-state index < -0.39 is 4.92 Å². The van der Waals surface area contributed by atoms with Crippen molar-refractivity contribution in [3.63, 3.8) is 0 Å². The lowest BCUT2D eigenvalue weighted by Gasteiger charge is -2.09. The second-order valence-electron chi connectivity index (χ2n) is 4.72. The van der Waals surface area contributed by atoms with Crippen LogP contribution in [0.3, 0.4) is 0 Å². The minimum absolute atomic E-state index is 0.0494. The van der Waals surface area contributed by atoms with E-state index in [-0.39, 0.29) is 5.69 Å². The Morgan fingerprint density at radius 2 is 2.39 bits per heavy atom. The molecule has 2 unspecified atom stereocenters. The molecule has 5 nitrogen and oxygen atoms in total. The number of nitrogens with zero attached hydrogens (tertiary/aromatic N) is 2. The van der Waals surface area contributed by atoms with Crippen LogP contribution in [0.1, 0.15) is 31.7 Å². The number of aromatic nitrogens is 1. The van der Waals surface area contributed by atoms with Gasteiger partial charge in [0, 0.05) is 11.6 Å². The largest absolute Gasteiger partial charge is 0.366 e. The summed E-state index contributed by atoms with van der Waals surface area (Å²) in [5.74, 6) is 1.43. The highest BCUT2D eigenvalue weighted by Crippen LogP contribution is 2.39. The van der Waals surface area contributed by atoms with E-state index in [1.54, 1.807) is 6.92 Å². The van der Waals surface area contributed by atoms with Crippen LogP contribution in [0.4, 0.5) is 11.5 Å². The van der Waals surface area contributed by atoms with Crippen LogP contribution in [-0.2, 0) is 0 Å². The second kappa shape index (κ2) is 5.22. The van der Waals surface area contributed by atoms with Gasteiger partial charge in [-0.1, -0.05) is 13.3 Å². The lowest BCUT2D eigenvalue weighted by molar-refractivity contribution is -0.385. The lowest BCUT2D eigenvalue weighted by atomic mass is 10.2. The number of hydrogen-bond donors (Lipinski definition) is 1. The molecule has 0 amide bonds. The minimum Gasteiger partial charge on any atom is -0.366 e. The van der Waals surface area contributed by atoms with Gasteiger partial charge in [-0.2, -0.15) is 0 Å². The van der Waals surface area contributed by atoms with Crippen LogP contribution in [-0.4, -0.2) is 15.9 Å². The molecule has 1 aliphatic carbocycles. The molecule has 0 saturated heterocycles. The smallest absolute Gasteiger partial charge is 0.291 e. The topological polar surface area (TPSA) is 68.1 Å². The zero-order valence-corrected chi connectivity index (χ0v) is 12.0. The molecule has 1 aliphatic rings. The summed E-state index contributed by atoms with van der Waals surface area (Å²) in [5.41, 5.74) is 0.665. The Morgan fingerprint density at radius 3 is 3.00 bits per heavy atom. The summed E-state index contributed by atoms with van der Waals surface area (Å²) in [6.45, 7) is 3.91. The summed E-state index contributed by atoms with van der Waals surface area (Å²) < 4.78 is 0.693. The number of hydrogen-bond acceptors (Lipinski definition) is 4. The fraction of sp³-hybridized carbons (Fsp3) is 0.583. The first-order valence-electron chi connectivity index (χ1n) is 6.10. The number of rotatable bonds is 5. The molecule has 2 atom stereocenters. The molecular formula is C12H16BrN3O2. The summed E-state index contributed by atoms with van der Waals surface area (Å²) in [4.78, 5) is 14.5. The predicted octanol–water partition coefficient (Wildman–Crippen LogP) is 3.66. The number of halogens is 1. The maximum Gasteiger partial charge on any atom is 0.291 e. The van der Waals surface area contributed by atoms with Gasteiger partial charge in [0.15, 0.2) is 0 Å². The lowest BCUT2D eigenvalue weighted by Crippen LogP contribution is -2.08. The molecule has 0 aliphatic heterocycles. The molecule has 0 aromatic carbocycles. The van der Waals surface area contributed by atoms with Crippen LogP contribution in [0.25, 0.3) is 0 Å². The molecule has 0 radical (unpaired) electrons. The monoisotopic (exact) mass is 313 g/mol. The van der Waals surface area contributed by atoms with Crippen molar-refractivity contribution in [1.29, 1.82) is 0 Å². The van der Waals surface area contributed by atoms with E-state index >= 15 is 0 Å². The van der Waals surface area contributed by atoms with Crippen molar-refractivity contribution in [2.24, 2.45) is 5.92 Å². The van der Waals surface area contributed by atoms with Crippen molar-refractivity contribution in [3.8, 4) is 0 Å². The summed E-state index contributed by atoms with van der Waals surface area (Å²) >= 11 is 3.39. The maximum absolute atomic E-state index is 10.8. The Hall–Kier alpha value is -1.17. The average Bonchev–Trinajstić information content (AvgIpc) is 3.03. The molecule has 1 N–H and O–H groups in total. The molecule has 1 aromatic rings. The normalized spacial score (nSPS) is 21.7. The van der Waals surface area contributed by atoms with Gasteiger partial charge < -0.3 is 5.32 Å². The molecule has 1 saturated carbocycles. The van der Waals surface area contributed by atoms with Crippen molar-refractivity contribution in [3.05, 3.63) is 26.3 Å². The van der Waals surface area contributed by atoms with Gasteiger partial charge >= 0.3 is 0 Å². The quantitative estimate of drug-likeness (QED) is 0.665. The van der Waals surface area contributed by atoms with E-state index in [1.165, 1.54) is 19.0 Å². The van der Waals surface area contributed by atoms with Gasteiger partial charge in [0.1, 0.15) is 12.0 Å². The molecule has 18 heavy (non-hydrogen) atoms. The Balaban J connectivity index is 2.11. The number of nitrogens with one attached hydrogen (secondary N) is 1. The van der Waals surface area contributed by atoms with Gasteiger partial charge in [-0.25, -0.2) is 4.98 Å². The third-order valence-corrected chi connectivity index (χ3v) is 4.31. The molecule has 1 heterocycles. The maximum atomic E-state index is 10.8. The molecule has 1 fully saturated rings. The third kappa shape index (κ3) is 2.63. The fourth-order valence-corrected chi connectivity index (χ4v) is 2.56. The third-order valence-electron chi connectivity index (χ3n) is 3.34. The van der Waals surface area contributed by atoms with Crippen LogP contribution in [0.15, 0.2) is 10.7 Å². The number of anilines is 1. The van der Waals surface area contributed by atoms with E-state index in [1.807, 2.05) is 0 Å². The Bertz CT molecular complexity index is 479. The van der Waals surface area contributed by atoms with Crippen LogP contribution >= 0.6 is 15.9 Å². The van der Waals surface area contributed by atoms with E-state index in [0.29, 0.717) is 21.9 Å². The van der Waals surface area contributed by atoms with E-state index in [9.17, 15) is 10.1 Å². The van der Waals surface area contributed by atoms with Gasteiger partial charge in [0.05, 0.1) is 9.40 Å². The van der Waals surface area contributed by atoms with Crippen LogP contribution < -0.4 is 5.32 Å².